The smallest absolute Gasteiger partial charge is 0.315 e. The molecule has 5 N–H and O–H groups in total. The van der Waals surface area contributed by atoms with Crippen molar-refractivity contribution >= 4 is 27.5 Å². The molecular weight excluding hydrogens is 637 g/mol. The number of sulfone groups is 1. The highest BCUT2D eigenvalue weighted by Crippen LogP contribution is 2.44. The van der Waals surface area contributed by atoms with Gasteiger partial charge in [0.2, 0.25) is 0 Å². The van der Waals surface area contributed by atoms with Crippen LogP contribution in [0.4, 0.5) is 23.7 Å². The number of piperidine rings is 1. The maximum Gasteiger partial charge on any atom is 0.315 e. The van der Waals surface area contributed by atoms with Crippen molar-refractivity contribution in [2.45, 2.75) is 94.9 Å². The van der Waals surface area contributed by atoms with Crippen LogP contribution in [-0.2, 0) is 34.2 Å². The van der Waals surface area contributed by atoms with Crippen molar-refractivity contribution in [2.75, 3.05) is 37.2 Å². The van der Waals surface area contributed by atoms with E-state index >= 15 is 4.39 Å². The number of nitrogens with zero attached hydrogens (tertiary/aromatic N) is 2. The summed E-state index contributed by atoms with van der Waals surface area (Å²) in [4.78, 5) is 27.1. The number of carbonyl (C=O) groups excluding carboxylic acids is 2. The quantitative estimate of drug-likeness (QED) is 0.331. The maximum atomic E-state index is 15.7. The molecule has 4 aliphatic rings. The van der Waals surface area contributed by atoms with Crippen molar-refractivity contribution in [3.8, 4) is 5.69 Å². The largest absolute Gasteiger partial charge is 0.382 e. The van der Waals surface area contributed by atoms with Crippen molar-refractivity contribution in [1.29, 1.82) is 0 Å². The minimum atomic E-state index is -3.60. The molecule has 1 saturated carbocycles. The summed E-state index contributed by atoms with van der Waals surface area (Å²) >= 11 is 0. The van der Waals surface area contributed by atoms with Crippen molar-refractivity contribution in [2.24, 2.45) is 11.1 Å². The molecule has 47 heavy (non-hydrogen) atoms. The van der Waals surface area contributed by atoms with Gasteiger partial charge in [-0.3, -0.25) is 4.79 Å². The molecule has 4 heterocycles. The van der Waals surface area contributed by atoms with Crippen molar-refractivity contribution < 1.29 is 35.9 Å². The first-order valence-electron chi connectivity index (χ1n) is 16.2. The zero-order valence-electron chi connectivity index (χ0n) is 26.8. The number of halogens is 3. The van der Waals surface area contributed by atoms with E-state index in [0.717, 1.165) is 0 Å². The molecule has 1 saturated heterocycles. The molecule has 2 fully saturated rings. The summed E-state index contributed by atoms with van der Waals surface area (Å²) in [6.45, 7) is 5.61. The number of aromatic nitrogens is 1. The van der Waals surface area contributed by atoms with Crippen LogP contribution < -0.4 is 21.7 Å². The van der Waals surface area contributed by atoms with Crippen LogP contribution in [0, 0.1) is 11.2 Å². The van der Waals surface area contributed by atoms with E-state index in [1.807, 2.05) is 18.7 Å². The van der Waals surface area contributed by atoms with Crippen LogP contribution in [0.15, 0.2) is 17.0 Å². The summed E-state index contributed by atoms with van der Waals surface area (Å²) in [7, 11) is -3.60. The van der Waals surface area contributed by atoms with E-state index in [1.54, 1.807) is 10.6 Å². The number of amides is 3. The van der Waals surface area contributed by atoms with E-state index in [9.17, 15) is 26.8 Å². The average molecular weight is 681 g/mol. The molecule has 6 rings (SSSR count). The fourth-order valence-corrected chi connectivity index (χ4v) is 9.89. The molecule has 258 valence electrons. The maximum absolute atomic E-state index is 15.7. The first-order chi connectivity index (χ1) is 22.1. The van der Waals surface area contributed by atoms with Gasteiger partial charge in [0.1, 0.15) is 5.82 Å². The fraction of sp³-hybridized carbons (Fsp3) is 0.625. The molecule has 0 unspecified atom stereocenters. The Morgan fingerprint density at radius 2 is 1.72 bits per heavy atom. The third-order valence-electron chi connectivity index (χ3n) is 9.75. The average Bonchev–Trinajstić information content (AvgIpc) is 3.53. The number of likely N-dealkylation sites (tertiary alicyclic amines) is 1. The minimum Gasteiger partial charge on any atom is -0.382 e. The van der Waals surface area contributed by atoms with Crippen LogP contribution in [0.1, 0.15) is 79.7 Å². The van der Waals surface area contributed by atoms with Crippen molar-refractivity contribution in [3.05, 3.63) is 40.5 Å². The van der Waals surface area contributed by atoms with E-state index in [2.05, 4.69) is 16.0 Å². The Morgan fingerprint density at radius 1 is 1.04 bits per heavy atom. The number of rotatable bonds is 8. The van der Waals surface area contributed by atoms with Gasteiger partial charge < -0.3 is 35.9 Å². The van der Waals surface area contributed by atoms with Gasteiger partial charge in [0.05, 0.1) is 46.5 Å². The lowest BCUT2D eigenvalue weighted by atomic mass is 9.89. The third kappa shape index (κ3) is 7.12. The Kier molecular flexibility index (Phi) is 9.02. The number of ether oxygens (including phenoxy) is 1. The number of hydrogen-bond acceptors (Lipinski definition) is 7. The molecule has 0 spiro atoms. The van der Waals surface area contributed by atoms with E-state index in [0.29, 0.717) is 80.9 Å². The lowest BCUT2D eigenvalue weighted by Crippen LogP contribution is -2.47. The predicted octanol–water partition coefficient (Wildman–Crippen LogP) is 3.85. The van der Waals surface area contributed by atoms with Gasteiger partial charge in [0.15, 0.2) is 9.84 Å². The standard InChI is InChI=1S/C32H43F3N6O5S/c1-31(2)15-25-28(47(44,45)18-31)22-16-46-17-26(22)41(25)21-13-23(33)27(29(36)42)24(14-21)38-19-3-5-20(6-4-19)39-30(43)37-9-12-40-10-7-32(34,35)8-11-40/h13-14,19-20,38H,3-12,15-18H2,1-2H3,(H2,36,42)(H2,37,39,43). The van der Waals surface area contributed by atoms with E-state index < -0.39 is 32.9 Å². The normalized spacial score (nSPS) is 24.6. The zero-order chi connectivity index (χ0) is 33.7. The Hall–Kier alpha value is -3.30. The number of fused-ring (bicyclic) bond motifs is 3. The van der Waals surface area contributed by atoms with Gasteiger partial charge in [-0.05, 0) is 49.7 Å². The van der Waals surface area contributed by atoms with Crippen LogP contribution >= 0.6 is 0 Å². The monoisotopic (exact) mass is 680 g/mol. The summed E-state index contributed by atoms with van der Waals surface area (Å²) in [5, 5.41) is 9.09. The number of urea groups is 1. The molecule has 3 amide bonds. The summed E-state index contributed by atoms with van der Waals surface area (Å²) in [6, 6.07) is 2.34. The SMILES string of the molecule is CC1(C)Cc2c(c3c(n2-c2cc(F)c(C(N)=O)c(NC4CCC(NC(=O)NCCN5CCC(F)(F)CC5)CC4)c2)COC3)S(=O)(=O)C1. The summed E-state index contributed by atoms with van der Waals surface area (Å²) in [5.41, 5.74) is 7.30. The second-order valence-electron chi connectivity index (χ2n) is 14.1. The van der Waals surface area contributed by atoms with Crippen LogP contribution in [0.2, 0.25) is 0 Å². The molecule has 0 radical (unpaired) electrons. The number of hydrogen-bond donors (Lipinski definition) is 4. The first-order valence-corrected chi connectivity index (χ1v) is 17.9. The second kappa shape index (κ2) is 12.6. The van der Waals surface area contributed by atoms with Gasteiger partial charge in [-0.15, -0.1) is 0 Å². The van der Waals surface area contributed by atoms with Gasteiger partial charge >= 0.3 is 6.03 Å². The lowest BCUT2D eigenvalue weighted by Gasteiger charge is -2.32. The Labute approximate surface area is 272 Å². The zero-order valence-corrected chi connectivity index (χ0v) is 27.6. The number of alkyl halides is 2. The predicted molar refractivity (Wildman–Crippen MR) is 169 cm³/mol. The number of primary amides is 1. The van der Waals surface area contributed by atoms with Crippen molar-refractivity contribution in [3.63, 3.8) is 0 Å². The molecule has 11 nitrogen and oxygen atoms in total. The van der Waals surface area contributed by atoms with Crippen LogP contribution in [-0.4, -0.2) is 79.8 Å². The molecule has 15 heteroatoms. The number of anilines is 1. The third-order valence-corrected chi connectivity index (χ3v) is 12.0. The molecule has 0 bridgehead atoms. The number of carbonyl (C=O) groups is 2. The first kappa shape index (κ1) is 33.6. The Balaban J connectivity index is 1.13. The van der Waals surface area contributed by atoms with Crippen molar-refractivity contribution in [1.82, 2.24) is 20.1 Å². The molecule has 3 aliphatic heterocycles. The number of nitrogens with two attached hydrogens (primary N) is 1. The van der Waals surface area contributed by atoms with Gasteiger partial charge in [0, 0.05) is 62.4 Å². The van der Waals surface area contributed by atoms with Crippen LogP contribution in [0.3, 0.4) is 0 Å². The van der Waals surface area contributed by atoms with Gasteiger partial charge in [0.25, 0.3) is 11.8 Å². The molecule has 1 aromatic heterocycles. The Bertz CT molecular complexity index is 1660. The highest BCUT2D eigenvalue weighted by Gasteiger charge is 2.43. The number of nitrogens with one attached hydrogen (secondary N) is 3. The van der Waals surface area contributed by atoms with Crippen LogP contribution in [0.25, 0.3) is 5.69 Å². The highest BCUT2D eigenvalue weighted by atomic mass is 32.2. The lowest BCUT2D eigenvalue weighted by molar-refractivity contribution is -0.0546. The molecule has 1 aliphatic carbocycles. The molecule has 1 aromatic carbocycles. The molecular formula is C32H43F3N6O5S. The minimum absolute atomic E-state index is 0.00672. The number of benzene rings is 1. The van der Waals surface area contributed by atoms with E-state index in [4.69, 9.17) is 10.5 Å². The van der Waals surface area contributed by atoms with Crippen LogP contribution in [0.5, 0.6) is 0 Å². The molecule has 0 atom stereocenters. The highest BCUT2D eigenvalue weighted by molar-refractivity contribution is 7.91. The molecule has 2 aromatic rings. The van der Waals surface area contributed by atoms with E-state index in [1.165, 1.54) is 6.07 Å². The van der Waals surface area contributed by atoms with Gasteiger partial charge in [-0.2, -0.15) is 0 Å². The van der Waals surface area contributed by atoms with E-state index in [-0.39, 0.29) is 66.1 Å². The summed E-state index contributed by atoms with van der Waals surface area (Å²) in [6.07, 6.45) is 2.69. The Morgan fingerprint density at radius 3 is 2.40 bits per heavy atom. The van der Waals surface area contributed by atoms with Gasteiger partial charge in [-0.1, -0.05) is 13.8 Å². The summed E-state index contributed by atoms with van der Waals surface area (Å²) in [5.74, 6) is -4.33. The second-order valence-corrected chi connectivity index (χ2v) is 16.1. The fourth-order valence-electron chi connectivity index (χ4n) is 7.54. The van der Waals surface area contributed by atoms with Gasteiger partial charge in [-0.25, -0.2) is 26.4 Å². The topological polar surface area (TPSA) is 148 Å². The summed E-state index contributed by atoms with van der Waals surface area (Å²) < 4.78 is 76.6.